The van der Waals surface area contributed by atoms with Gasteiger partial charge in [0.2, 0.25) is 17.6 Å². The molecule has 0 aromatic heterocycles. The van der Waals surface area contributed by atoms with Crippen LogP contribution in [0.5, 0.6) is 0 Å². The monoisotopic (exact) mass is 421 g/mol. The molecule has 2 amide bonds. The lowest BCUT2D eigenvalue weighted by molar-refractivity contribution is -0.387. The predicted molar refractivity (Wildman–Crippen MR) is 114 cm³/mol. The Morgan fingerprint density at radius 2 is 1.90 bits per heavy atom. The zero-order valence-electron chi connectivity index (χ0n) is 16.7. The summed E-state index contributed by atoms with van der Waals surface area (Å²) in [5, 5.41) is 16.1. The molecule has 158 valence electrons. The maximum atomic E-state index is 13.6. The van der Waals surface area contributed by atoms with Gasteiger partial charge in [-0.25, -0.2) is 0 Å². The number of carbonyl (C=O) groups excluding carboxylic acids is 2. The van der Waals surface area contributed by atoms with Crippen molar-refractivity contribution < 1.29 is 18.9 Å². The number of nitrogens with zero attached hydrogens (tertiary/aromatic N) is 2. The van der Waals surface area contributed by atoms with E-state index < -0.39 is 22.3 Å². The Morgan fingerprint density at radius 3 is 2.65 bits per heavy atom. The molecule has 0 aliphatic carbocycles. The number of nitro benzene ring substituents is 1. The summed E-state index contributed by atoms with van der Waals surface area (Å²) in [6.07, 6.45) is -0.0125. The fourth-order valence-electron chi connectivity index (χ4n) is 3.83. The van der Waals surface area contributed by atoms with Crippen molar-refractivity contribution in [2.24, 2.45) is 5.92 Å². The van der Waals surface area contributed by atoms with Crippen LogP contribution in [0, 0.1) is 21.8 Å². The zero-order valence-corrected chi connectivity index (χ0v) is 16.7. The van der Waals surface area contributed by atoms with Gasteiger partial charge in [0.05, 0.1) is 22.6 Å². The Bertz CT molecular complexity index is 1200. The molecule has 1 aliphatic heterocycles. The molecule has 1 saturated heterocycles. The van der Waals surface area contributed by atoms with Crippen molar-refractivity contribution in [1.29, 1.82) is 0 Å². The van der Waals surface area contributed by atoms with Gasteiger partial charge in [0, 0.05) is 19.0 Å². The number of rotatable bonds is 5. The van der Waals surface area contributed by atoms with Gasteiger partial charge in [0.25, 0.3) is 0 Å². The van der Waals surface area contributed by atoms with Crippen LogP contribution in [0.3, 0.4) is 0 Å². The van der Waals surface area contributed by atoms with E-state index in [0.717, 1.165) is 28.5 Å². The summed E-state index contributed by atoms with van der Waals surface area (Å²) in [6.45, 7) is 1.96. The van der Waals surface area contributed by atoms with Crippen molar-refractivity contribution in [1.82, 2.24) is 5.32 Å². The molecular weight excluding hydrogens is 401 g/mol. The summed E-state index contributed by atoms with van der Waals surface area (Å²) >= 11 is 0. The van der Waals surface area contributed by atoms with Crippen LogP contribution in [0.15, 0.2) is 60.7 Å². The number of nitrogens with one attached hydrogen (secondary N) is 1. The van der Waals surface area contributed by atoms with Gasteiger partial charge in [-0.3, -0.25) is 19.7 Å². The molecular formula is C23H20FN3O4. The van der Waals surface area contributed by atoms with Crippen molar-refractivity contribution >= 4 is 34.0 Å². The van der Waals surface area contributed by atoms with E-state index in [0.29, 0.717) is 0 Å². The number of nitro groups is 1. The van der Waals surface area contributed by atoms with Crippen LogP contribution in [0.25, 0.3) is 10.8 Å². The smallest absolute Gasteiger partial charge is 0.306 e. The molecule has 2 atom stereocenters. The largest absolute Gasteiger partial charge is 0.349 e. The van der Waals surface area contributed by atoms with Crippen LogP contribution in [0.4, 0.5) is 15.8 Å². The molecule has 2 unspecified atom stereocenters. The number of carbonyl (C=O) groups is 2. The Kier molecular flexibility index (Phi) is 5.37. The number of fused-ring (bicyclic) bond motifs is 1. The van der Waals surface area contributed by atoms with Gasteiger partial charge < -0.3 is 10.2 Å². The molecule has 3 aromatic carbocycles. The molecule has 31 heavy (non-hydrogen) atoms. The van der Waals surface area contributed by atoms with E-state index >= 15 is 0 Å². The van der Waals surface area contributed by atoms with Crippen LogP contribution < -0.4 is 10.2 Å². The first kappa shape index (κ1) is 20.5. The van der Waals surface area contributed by atoms with Gasteiger partial charge in [-0.1, -0.05) is 36.4 Å². The van der Waals surface area contributed by atoms with Crippen LogP contribution in [0.2, 0.25) is 0 Å². The number of anilines is 1. The van der Waals surface area contributed by atoms with Gasteiger partial charge in [-0.2, -0.15) is 4.39 Å². The molecule has 0 spiro atoms. The summed E-state index contributed by atoms with van der Waals surface area (Å²) in [4.78, 5) is 36.7. The Morgan fingerprint density at radius 1 is 1.16 bits per heavy atom. The molecule has 0 saturated carbocycles. The SMILES string of the molecule is CC(NC(=O)C1CC(=O)N(c2ccc(F)c([N+](=O)[O-])c2)C1)c1ccc2ccccc2c1. The van der Waals surface area contributed by atoms with Crippen LogP contribution >= 0.6 is 0 Å². The molecule has 1 fully saturated rings. The fraction of sp³-hybridized carbons (Fsp3) is 0.217. The molecule has 1 N–H and O–H groups in total. The zero-order chi connectivity index (χ0) is 22.1. The summed E-state index contributed by atoms with van der Waals surface area (Å²) in [5.41, 5.74) is 0.446. The lowest BCUT2D eigenvalue weighted by atomic mass is 10.0. The van der Waals surface area contributed by atoms with Crippen molar-refractivity contribution in [2.45, 2.75) is 19.4 Å². The average molecular weight is 421 g/mol. The summed E-state index contributed by atoms with van der Waals surface area (Å²) in [5.74, 6) is -2.18. The van der Waals surface area contributed by atoms with Crippen molar-refractivity contribution in [3.63, 3.8) is 0 Å². The van der Waals surface area contributed by atoms with Crippen LogP contribution in [-0.2, 0) is 9.59 Å². The second-order valence-corrected chi connectivity index (χ2v) is 7.64. The highest BCUT2D eigenvalue weighted by molar-refractivity contribution is 6.00. The first-order valence-electron chi connectivity index (χ1n) is 9.87. The lowest BCUT2D eigenvalue weighted by Crippen LogP contribution is -2.34. The van der Waals surface area contributed by atoms with Gasteiger partial charge in [0.15, 0.2) is 0 Å². The maximum absolute atomic E-state index is 13.6. The number of benzene rings is 3. The molecule has 0 bridgehead atoms. The van der Waals surface area contributed by atoms with Gasteiger partial charge in [-0.15, -0.1) is 0 Å². The number of halogens is 1. The maximum Gasteiger partial charge on any atom is 0.306 e. The van der Waals surface area contributed by atoms with Crippen molar-refractivity contribution in [3.05, 3.63) is 82.2 Å². The highest BCUT2D eigenvalue weighted by Gasteiger charge is 2.36. The molecule has 4 rings (SSSR count). The molecule has 1 aliphatic rings. The molecule has 1 heterocycles. The molecule has 3 aromatic rings. The normalized spacial score (nSPS) is 17.0. The highest BCUT2D eigenvalue weighted by atomic mass is 19.1. The third kappa shape index (κ3) is 4.09. The third-order valence-electron chi connectivity index (χ3n) is 5.57. The van der Waals surface area contributed by atoms with Gasteiger partial charge in [-0.05, 0) is 41.5 Å². The minimum absolute atomic E-state index is 0.0125. The van der Waals surface area contributed by atoms with Gasteiger partial charge in [0.1, 0.15) is 0 Å². The van der Waals surface area contributed by atoms with Crippen LogP contribution in [-0.4, -0.2) is 23.3 Å². The van der Waals surface area contributed by atoms with Gasteiger partial charge >= 0.3 is 5.69 Å². The molecule has 7 nitrogen and oxygen atoms in total. The van der Waals surface area contributed by atoms with Crippen LogP contribution in [0.1, 0.15) is 24.9 Å². The Balaban J connectivity index is 1.46. The second kappa shape index (κ2) is 8.14. The van der Waals surface area contributed by atoms with E-state index in [1.807, 2.05) is 49.4 Å². The highest BCUT2D eigenvalue weighted by Crippen LogP contribution is 2.30. The topological polar surface area (TPSA) is 92.6 Å². The molecule has 8 heteroatoms. The lowest BCUT2D eigenvalue weighted by Gasteiger charge is -2.19. The van der Waals surface area contributed by atoms with E-state index in [-0.39, 0.29) is 36.5 Å². The average Bonchev–Trinajstić information content (AvgIpc) is 3.15. The first-order valence-corrected chi connectivity index (χ1v) is 9.87. The number of amides is 2. The standard InChI is InChI=1S/C23H20FN3O4/c1-14(16-7-6-15-4-2-3-5-17(15)10-16)25-23(29)18-11-22(28)26(13-18)19-8-9-20(24)21(12-19)27(30)31/h2-10,12,14,18H,11,13H2,1H3,(H,25,29). The van der Waals surface area contributed by atoms with Crippen molar-refractivity contribution in [2.75, 3.05) is 11.4 Å². The minimum Gasteiger partial charge on any atom is -0.349 e. The third-order valence-corrected chi connectivity index (χ3v) is 5.57. The fourth-order valence-corrected chi connectivity index (χ4v) is 3.83. The number of hydrogen-bond donors (Lipinski definition) is 1. The Hall–Kier alpha value is -3.81. The summed E-state index contributed by atoms with van der Waals surface area (Å²) in [7, 11) is 0. The van der Waals surface area contributed by atoms with E-state index in [1.54, 1.807) is 0 Å². The first-order chi connectivity index (χ1) is 14.8. The van der Waals surface area contributed by atoms with E-state index in [9.17, 15) is 24.1 Å². The number of hydrogen-bond acceptors (Lipinski definition) is 4. The Labute approximate surface area is 177 Å². The summed E-state index contributed by atoms with van der Waals surface area (Å²) < 4.78 is 13.6. The second-order valence-electron chi connectivity index (χ2n) is 7.64. The quantitative estimate of drug-likeness (QED) is 0.496. The summed E-state index contributed by atoms with van der Waals surface area (Å²) in [6, 6.07) is 16.9. The molecule has 0 radical (unpaired) electrons. The van der Waals surface area contributed by atoms with Crippen molar-refractivity contribution in [3.8, 4) is 0 Å². The van der Waals surface area contributed by atoms with E-state index in [4.69, 9.17) is 0 Å². The predicted octanol–water partition coefficient (Wildman–Crippen LogP) is 4.12. The van der Waals surface area contributed by atoms with E-state index in [1.165, 1.54) is 11.0 Å². The minimum atomic E-state index is -0.973. The van der Waals surface area contributed by atoms with E-state index in [2.05, 4.69) is 5.32 Å².